The van der Waals surface area contributed by atoms with Crippen molar-refractivity contribution in [1.82, 2.24) is 20.2 Å². The van der Waals surface area contributed by atoms with E-state index in [2.05, 4.69) is 30.3 Å². The number of alkyl halides is 3. The molecule has 158 valence electrons. The summed E-state index contributed by atoms with van der Waals surface area (Å²) in [6, 6.07) is 3.05. The molecule has 0 radical (unpaired) electrons. The fourth-order valence-electron chi connectivity index (χ4n) is 3.19. The summed E-state index contributed by atoms with van der Waals surface area (Å²) >= 11 is 1.64. The summed E-state index contributed by atoms with van der Waals surface area (Å²) in [5.41, 5.74) is 1.71. The van der Waals surface area contributed by atoms with E-state index in [1.54, 1.807) is 17.4 Å². The number of carbonyl (C=O) groups excluding carboxylic acids is 1. The topological polar surface area (TPSA) is 67.4 Å². The zero-order valence-corrected chi connectivity index (χ0v) is 16.9. The highest BCUT2D eigenvalue weighted by atomic mass is 32.1. The summed E-state index contributed by atoms with van der Waals surface area (Å²) in [5.74, 6) is -0.213. The summed E-state index contributed by atoms with van der Waals surface area (Å²) in [5, 5.41) is 5.98. The van der Waals surface area contributed by atoms with E-state index >= 15 is 0 Å². The minimum atomic E-state index is -4.42. The third-order valence-corrected chi connectivity index (χ3v) is 5.48. The number of nitrogens with one attached hydrogen (secondary N) is 1. The molecular weight excluding hydrogens is 405 g/mol. The number of aryl methyl sites for hydroxylation is 1. The van der Waals surface area contributed by atoms with Gasteiger partial charge >= 0.3 is 6.18 Å². The number of nitrogens with zero attached hydrogens (tertiary/aromatic N) is 3. The lowest BCUT2D eigenvalue weighted by Gasteiger charge is -2.30. The molecule has 1 N–H and O–H groups in total. The summed E-state index contributed by atoms with van der Waals surface area (Å²) in [6.07, 6.45) is -1.51. The van der Waals surface area contributed by atoms with Crippen molar-refractivity contribution < 1.29 is 22.7 Å². The Bertz CT molecular complexity index is 820. The van der Waals surface area contributed by atoms with E-state index in [1.165, 1.54) is 12.3 Å². The zero-order valence-electron chi connectivity index (χ0n) is 16.0. The van der Waals surface area contributed by atoms with Crippen molar-refractivity contribution in [2.24, 2.45) is 5.92 Å². The number of likely N-dealkylation sites (tertiary alicyclic amines) is 1. The number of aromatic nitrogens is 2. The number of hydrogen-bond donors (Lipinski definition) is 1. The maximum atomic E-state index is 12.4. The molecule has 3 heterocycles. The van der Waals surface area contributed by atoms with E-state index in [9.17, 15) is 18.0 Å². The van der Waals surface area contributed by atoms with Gasteiger partial charge in [0.05, 0.1) is 10.7 Å². The van der Waals surface area contributed by atoms with E-state index in [0.717, 1.165) is 43.2 Å². The van der Waals surface area contributed by atoms with Gasteiger partial charge in [0, 0.05) is 36.7 Å². The van der Waals surface area contributed by atoms with Gasteiger partial charge in [-0.25, -0.2) is 9.97 Å². The van der Waals surface area contributed by atoms with Crippen molar-refractivity contribution in [1.29, 1.82) is 0 Å². The predicted molar refractivity (Wildman–Crippen MR) is 102 cm³/mol. The summed E-state index contributed by atoms with van der Waals surface area (Å²) in [4.78, 5) is 23.0. The van der Waals surface area contributed by atoms with Crippen molar-refractivity contribution in [2.75, 3.05) is 19.7 Å². The van der Waals surface area contributed by atoms with Crippen LogP contribution in [-0.2, 0) is 17.9 Å². The van der Waals surface area contributed by atoms with Crippen molar-refractivity contribution in [2.45, 2.75) is 39.0 Å². The van der Waals surface area contributed by atoms with Crippen LogP contribution >= 0.6 is 11.3 Å². The monoisotopic (exact) mass is 428 g/mol. The van der Waals surface area contributed by atoms with E-state index in [1.807, 2.05) is 6.92 Å². The van der Waals surface area contributed by atoms with Gasteiger partial charge in [0.15, 0.2) is 6.61 Å². The molecule has 3 rings (SSSR count). The smallest absolute Gasteiger partial charge is 0.422 e. The van der Waals surface area contributed by atoms with Crippen molar-refractivity contribution in [3.8, 4) is 5.88 Å². The second-order valence-corrected chi connectivity index (χ2v) is 8.09. The normalized spacial score (nSPS) is 16.0. The van der Waals surface area contributed by atoms with E-state index in [-0.39, 0.29) is 24.2 Å². The Morgan fingerprint density at radius 3 is 2.79 bits per heavy atom. The molecular formula is C19H23F3N4O2S. The minimum Gasteiger partial charge on any atom is -0.468 e. The molecule has 1 aliphatic rings. The Balaban J connectivity index is 1.42. The Hall–Kier alpha value is -2.20. The first-order valence-corrected chi connectivity index (χ1v) is 10.2. The second kappa shape index (κ2) is 9.53. The first-order chi connectivity index (χ1) is 13.8. The van der Waals surface area contributed by atoms with Crippen LogP contribution in [-0.4, -0.2) is 46.6 Å². The predicted octanol–water partition coefficient (Wildman–Crippen LogP) is 3.32. The number of pyridine rings is 1. The lowest BCUT2D eigenvalue weighted by Crippen LogP contribution is -2.40. The van der Waals surface area contributed by atoms with Crippen LogP contribution in [0.25, 0.3) is 0 Å². The number of ether oxygens (including phenoxy) is 1. The molecule has 6 nitrogen and oxygen atoms in total. The number of rotatable bonds is 7. The minimum absolute atomic E-state index is 0.0382. The average Bonchev–Trinajstić information content (AvgIpc) is 3.09. The quantitative estimate of drug-likeness (QED) is 0.733. The molecule has 0 spiro atoms. The van der Waals surface area contributed by atoms with Gasteiger partial charge in [-0.3, -0.25) is 9.69 Å². The molecule has 2 aromatic rings. The third kappa shape index (κ3) is 6.97. The molecule has 0 atom stereocenters. The third-order valence-electron chi connectivity index (χ3n) is 4.66. The molecule has 1 saturated heterocycles. The SMILES string of the molecule is Cc1nc(CN2CCC(C(=O)NCc3ccnc(OCC(F)(F)F)c3)CC2)cs1. The lowest BCUT2D eigenvalue weighted by atomic mass is 9.95. The number of thiazole rings is 1. The van der Waals surface area contributed by atoms with Gasteiger partial charge in [0.1, 0.15) is 0 Å². The standard InChI is InChI=1S/C19H23F3N4O2S/c1-13-25-16(11-29-13)10-26-6-3-15(4-7-26)18(27)24-9-14-2-5-23-17(8-14)28-12-19(20,21)22/h2,5,8,11,15H,3-4,6-7,9-10,12H2,1H3,(H,24,27). The van der Waals surface area contributed by atoms with Crippen LogP contribution in [0.5, 0.6) is 5.88 Å². The van der Waals surface area contributed by atoms with Crippen LogP contribution in [0.15, 0.2) is 23.7 Å². The summed E-state index contributed by atoms with van der Waals surface area (Å²) in [7, 11) is 0. The molecule has 1 aliphatic heterocycles. The Morgan fingerprint density at radius 1 is 1.38 bits per heavy atom. The van der Waals surface area contributed by atoms with Crippen LogP contribution in [0.3, 0.4) is 0 Å². The number of hydrogen-bond acceptors (Lipinski definition) is 6. The van der Waals surface area contributed by atoms with Gasteiger partial charge in [-0.15, -0.1) is 11.3 Å². The van der Waals surface area contributed by atoms with Gasteiger partial charge < -0.3 is 10.1 Å². The van der Waals surface area contributed by atoms with E-state index in [4.69, 9.17) is 0 Å². The van der Waals surface area contributed by atoms with Crippen LogP contribution < -0.4 is 10.1 Å². The molecule has 0 aromatic carbocycles. The molecule has 1 amide bonds. The first kappa shape index (κ1) is 21.5. The van der Waals surface area contributed by atoms with Crippen molar-refractivity contribution in [3.63, 3.8) is 0 Å². The molecule has 0 unspecified atom stereocenters. The second-order valence-electron chi connectivity index (χ2n) is 7.03. The number of piperidine rings is 1. The van der Waals surface area contributed by atoms with E-state index < -0.39 is 12.8 Å². The fraction of sp³-hybridized carbons (Fsp3) is 0.526. The van der Waals surface area contributed by atoms with E-state index in [0.29, 0.717) is 5.56 Å². The van der Waals surface area contributed by atoms with Gasteiger partial charge in [-0.2, -0.15) is 13.2 Å². The summed E-state index contributed by atoms with van der Waals surface area (Å²) < 4.78 is 41.3. The van der Waals surface area contributed by atoms with Gasteiger partial charge in [0.2, 0.25) is 11.8 Å². The highest BCUT2D eigenvalue weighted by molar-refractivity contribution is 7.09. The first-order valence-electron chi connectivity index (χ1n) is 9.34. The van der Waals surface area contributed by atoms with Crippen molar-refractivity contribution in [3.05, 3.63) is 40.0 Å². The van der Waals surface area contributed by atoms with Crippen LogP contribution in [0.1, 0.15) is 29.1 Å². The lowest BCUT2D eigenvalue weighted by molar-refractivity contribution is -0.154. The van der Waals surface area contributed by atoms with Crippen molar-refractivity contribution >= 4 is 17.2 Å². The molecule has 29 heavy (non-hydrogen) atoms. The molecule has 1 fully saturated rings. The Kier molecular flexibility index (Phi) is 7.07. The van der Waals surface area contributed by atoms with Crippen LogP contribution in [0, 0.1) is 12.8 Å². The Labute approximate surface area is 171 Å². The number of halogens is 3. The maximum Gasteiger partial charge on any atom is 0.422 e. The largest absolute Gasteiger partial charge is 0.468 e. The van der Waals surface area contributed by atoms with Gasteiger partial charge in [-0.05, 0) is 44.5 Å². The maximum absolute atomic E-state index is 12.4. The average molecular weight is 428 g/mol. The molecule has 0 saturated carbocycles. The number of carbonyl (C=O) groups is 1. The molecule has 0 bridgehead atoms. The molecule has 2 aromatic heterocycles. The summed E-state index contributed by atoms with van der Waals surface area (Å²) in [6.45, 7) is 3.28. The highest BCUT2D eigenvalue weighted by Crippen LogP contribution is 2.21. The fourth-order valence-corrected chi connectivity index (χ4v) is 3.80. The molecule has 0 aliphatic carbocycles. The Morgan fingerprint density at radius 2 is 2.14 bits per heavy atom. The van der Waals surface area contributed by atoms with Crippen LogP contribution in [0.4, 0.5) is 13.2 Å². The van der Waals surface area contributed by atoms with Gasteiger partial charge in [0.25, 0.3) is 0 Å². The van der Waals surface area contributed by atoms with Crippen LogP contribution in [0.2, 0.25) is 0 Å². The number of amides is 1. The highest BCUT2D eigenvalue weighted by Gasteiger charge is 2.29. The zero-order chi connectivity index (χ0) is 20.9. The molecule has 10 heteroatoms. The van der Waals surface area contributed by atoms with Gasteiger partial charge in [-0.1, -0.05) is 0 Å².